The predicted molar refractivity (Wildman–Crippen MR) is 42.2 cm³/mol. The number of diazo groups is 1. The van der Waals surface area contributed by atoms with E-state index in [1.54, 1.807) is 12.1 Å². The van der Waals surface area contributed by atoms with Crippen molar-refractivity contribution >= 4 is 5.69 Å². The summed E-state index contributed by atoms with van der Waals surface area (Å²) in [7, 11) is 0. The maximum absolute atomic E-state index is 9.08. The van der Waals surface area contributed by atoms with Crippen molar-refractivity contribution in [3.8, 4) is 5.75 Å². The van der Waals surface area contributed by atoms with Crippen LogP contribution in [-0.4, -0.2) is 5.11 Å². The zero-order valence-electron chi connectivity index (χ0n) is 6.28. The third-order valence-electron chi connectivity index (χ3n) is 1.56. The molecule has 1 rings (SSSR count). The largest absolute Gasteiger partial charge is 0.501 e. The van der Waals surface area contributed by atoms with Crippen LogP contribution in [0, 0.1) is 5.39 Å². The van der Waals surface area contributed by atoms with Crippen molar-refractivity contribution in [3.05, 3.63) is 28.7 Å². The summed E-state index contributed by atoms with van der Waals surface area (Å²) in [5.74, 6) is 0.00435. The average molecular weight is 149 g/mol. The van der Waals surface area contributed by atoms with Gasteiger partial charge in [-0.1, -0.05) is 13.0 Å². The highest BCUT2D eigenvalue weighted by atomic mass is 16.3. The molecule has 0 atom stereocenters. The smallest absolute Gasteiger partial charge is 0.426 e. The highest BCUT2D eigenvalue weighted by Crippen LogP contribution is 2.26. The van der Waals surface area contributed by atoms with Gasteiger partial charge in [0, 0.05) is 6.07 Å². The van der Waals surface area contributed by atoms with Gasteiger partial charge in [0.1, 0.15) is 0 Å². The number of phenolic OH excluding ortho intramolecular Hbond substituents is 1. The molecule has 0 unspecified atom stereocenters. The standard InChI is InChI=1S/C8H8N2O/c1-2-6-3-4-8(11)7(5-6)10-9/h3-5H,2H2,1H3/p+1. The number of hydrogen-bond acceptors (Lipinski definition) is 2. The first-order chi connectivity index (χ1) is 5.27. The van der Waals surface area contributed by atoms with Gasteiger partial charge in [-0.3, -0.25) is 0 Å². The summed E-state index contributed by atoms with van der Waals surface area (Å²) < 4.78 is 0. The molecule has 1 aromatic carbocycles. The highest BCUT2D eigenvalue weighted by Gasteiger charge is 2.11. The van der Waals surface area contributed by atoms with E-state index in [-0.39, 0.29) is 11.4 Å². The lowest BCUT2D eigenvalue weighted by Gasteiger charge is -1.91. The van der Waals surface area contributed by atoms with E-state index in [1.807, 2.05) is 6.92 Å². The van der Waals surface area contributed by atoms with E-state index < -0.39 is 0 Å². The number of hydrogen-bond donors (Lipinski definition) is 1. The Morgan fingerprint density at radius 3 is 2.82 bits per heavy atom. The lowest BCUT2D eigenvalue weighted by molar-refractivity contribution is 0.478. The second kappa shape index (κ2) is 3.02. The molecule has 0 bridgehead atoms. The van der Waals surface area contributed by atoms with E-state index in [1.165, 1.54) is 6.07 Å². The molecule has 3 heteroatoms. The van der Waals surface area contributed by atoms with Crippen molar-refractivity contribution in [2.24, 2.45) is 0 Å². The van der Waals surface area contributed by atoms with Crippen molar-refractivity contribution in [1.82, 2.24) is 0 Å². The Balaban J connectivity index is 3.15. The molecule has 0 aliphatic heterocycles. The Morgan fingerprint density at radius 2 is 2.27 bits per heavy atom. The molecule has 0 amide bonds. The molecule has 0 aliphatic carbocycles. The number of phenols is 1. The van der Waals surface area contributed by atoms with Gasteiger partial charge in [0.25, 0.3) is 0 Å². The molecule has 0 saturated heterocycles. The topological polar surface area (TPSA) is 48.4 Å². The monoisotopic (exact) mass is 149 g/mol. The fourth-order valence-electron chi connectivity index (χ4n) is 0.869. The second-order valence-corrected chi connectivity index (χ2v) is 2.28. The first-order valence-corrected chi connectivity index (χ1v) is 3.45. The van der Waals surface area contributed by atoms with Crippen LogP contribution in [0.1, 0.15) is 12.5 Å². The third-order valence-corrected chi connectivity index (χ3v) is 1.56. The molecule has 0 radical (unpaired) electrons. The minimum absolute atomic E-state index is 0.00435. The second-order valence-electron chi connectivity index (χ2n) is 2.28. The van der Waals surface area contributed by atoms with Crippen LogP contribution in [0.2, 0.25) is 0 Å². The first kappa shape index (κ1) is 7.55. The number of aryl methyl sites for hydroxylation is 1. The molecule has 0 heterocycles. The van der Waals surface area contributed by atoms with Crippen LogP contribution < -0.4 is 0 Å². The van der Waals surface area contributed by atoms with Crippen LogP contribution in [-0.2, 0) is 6.42 Å². The van der Waals surface area contributed by atoms with E-state index in [2.05, 4.69) is 4.98 Å². The summed E-state index contributed by atoms with van der Waals surface area (Å²) in [6, 6.07) is 4.97. The van der Waals surface area contributed by atoms with Gasteiger partial charge in [-0.2, -0.15) is 0 Å². The minimum Gasteiger partial charge on any atom is -0.501 e. The fourth-order valence-corrected chi connectivity index (χ4v) is 0.869. The Morgan fingerprint density at radius 1 is 1.55 bits per heavy atom. The molecule has 0 aliphatic rings. The normalized spacial score (nSPS) is 9.09. The zero-order valence-corrected chi connectivity index (χ0v) is 6.28. The maximum atomic E-state index is 9.08. The average Bonchev–Trinajstić information content (AvgIpc) is 2.05. The van der Waals surface area contributed by atoms with Gasteiger partial charge in [0.15, 0.2) is 4.98 Å². The van der Waals surface area contributed by atoms with Crippen molar-refractivity contribution in [2.75, 3.05) is 0 Å². The van der Waals surface area contributed by atoms with Gasteiger partial charge in [-0.15, -0.1) is 0 Å². The lowest BCUT2D eigenvalue weighted by Crippen LogP contribution is -1.77. The summed E-state index contributed by atoms with van der Waals surface area (Å²) in [4.78, 5) is 2.93. The number of aromatic hydroxyl groups is 1. The summed E-state index contributed by atoms with van der Waals surface area (Å²) >= 11 is 0. The van der Waals surface area contributed by atoms with Crippen LogP contribution in [0.3, 0.4) is 0 Å². The summed E-state index contributed by atoms with van der Waals surface area (Å²) in [5.41, 5.74) is 1.26. The van der Waals surface area contributed by atoms with Gasteiger partial charge in [0.2, 0.25) is 11.1 Å². The maximum Gasteiger partial charge on any atom is 0.426 e. The Kier molecular flexibility index (Phi) is 2.07. The SMILES string of the molecule is CCc1ccc(O)c([N+]#N)c1. The number of rotatable bonds is 1. The zero-order chi connectivity index (χ0) is 8.27. The molecule has 1 aromatic rings. The van der Waals surface area contributed by atoms with Crippen LogP contribution >= 0.6 is 0 Å². The van der Waals surface area contributed by atoms with Crippen LogP contribution in [0.25, 0.3) is 4.98 Å². The fraction of sp³-hybridized carbons (Fsp3) is 0.250. The van der Waals surface area contributed by atoms with E-state index in [0.717, 1.165) is 12.0 Å². The molecule has 0 saturated carbocycles. The van der Waals surface area contributed by atoms with E-state index in [0.29, 0.717) is 0 Å². The van der Waals surface area contributed by atoms with Gasteiger partial charge in [-0.25, -0.2) is 0 Å². The van der Waals surface area contributed by atoms with Crippen LogP contribution in [0.15, 0.2) is 18.2 Å². The molecule has 0 spiro atoms. The molecule has 11 heavy (non-hydrogen) atoms. The van der Waals surface area contributed by atoms with Gasteiger partial charge in [-0.05, 0) is 18.1 Å². The van der Waals surface area contributed by atoms with Crippen LogP contribution in [0.5, 0.6) is 5.75 Å². The van der Waals surface area contributed by atoms with Crippen molar-refractivity contribution in [1.29, 1.82) is 5.39 Å². The molecule has 0 fully saturated rings. The highest BCUT2D eigenvalue weighted by molar-refractivity contribution is 5.57. The first-order valence-electron chi connectivity index (χ1n) is 3.45. The van der Waals surface area contributed by atoms with Gasteiger partial charge >= 0.3 is 5.69 Å². The lowest BCUT2D eigenvalue weighted by atomic mass is 10.1. The minimum atomic E-state index is 0.00435. The Bertz CT molecular complexity index is 301. The third kappa shape index (κ3) is 1.47. The van der Waals surface area contributed by atoms with E-state index in [4.69, 9.17) is 10.5 Å². The molecular formula is C8H9N2O+. The van der Waals surface area contributed by atoms with Crippen molar-refractivity contribution in [2.45, 2.75) is 13.3 Å². The van der Waals surface area contributed by atoms with Crippen LogP contribution in [0.4, 0.5) is 5.69 Å². The Labute approximate surface area is 64.9 Å². The van der Waals surface area contributed by atoms with Crippen molar-refractivity contribution in [3.63, 3.8) is 0 Å². The molecule has 56 valence electrons. The van der Waals surface area contributed by atoms with Crippen molar-refractivity contribution < 1.29 is 5.11 Å². The molecule has 3 nitrogen and oxygen atoms in total. The summed E-state index contributed by atoms with van der Waals surface area (Å²) in [6.07, 6.45) is 0.864. The predicted octanol–water partition coefficient (Wildman–Crippen LogP) is 2.44. The molecular weight excluding hydrogens is 140 g/mol. The number of nitrogens with zero attached hydrogens (tertiary/aromatic N) is 2. The quantitative estimate of drug-likeness (QED) is 0.623. The summed E-state index contributed by atoms with van der Waals surface area (Å²) in [5, 5.41) is 17.5. The molecule has 0 aromatic heterocycles. The van der Waals surface area contributed by atoms with E-state index >= 15 is 0 Å². The van der Waals surface area contributed by atoms with Gasteiger partial charge in [0.05, 0.1) is 0 Å². The Hall–Kier alpha value is -1.56. The summed E-state index contributed by atoms with van der Waals surface area (Å²) in [6.45, 7) is 1.99. The number of benzene rings is 1. The molecule has 1 N–H and O–H groups in total. The van der Waals surface area contributed by atoms with Gasteiger partial charge < -0.3 is 5.11 Å². The van der Waals surface area contributed by atoms with E-state index in [9.17, 15) is 0 Å².